The second-order valence-corrected chi connectivity index (χ2v) is 4.83. The first-order valence-corrected chi connectivity index (χ1v) is 5.64. The van der Waals surface area contributed by atoms with E-state index >= 15 is 0 Å². The summed E-state index contributed by atoms with van der Waals surface area (Å²) in [6.45, 7) is 2.84. The summed E-state index contributed by atoms with van der Waals surface area (Å²) in [5, 5.41) is 2.37. The molecule has 2 atom stereocenters. The third kappa shape index (κ3) is 3.77. The Bertz CT molecular complexity index is 319. The third-order valence-corrected chi connectivity index (χ3v) is 2.89. The summed E-state index contributed by atoms with van der Waals surface area (Å²) in [5.41, 5.74) is 5.22. The van der Waals surface area contributed by atoms with Gasteiger partial charge in [0.2, 0.25) is 0 Å². The smallest absolute Gasteiger partial charge is 0.311 e. The summed E-state index contributed by atoms with van der Waals surface area (Å²) in [6, 6.07) is 0. The first-order valence-electron chi connectivity index (χ1n) is 5.23. The molecule has 90 valence electrons. The maximum atomic E-state index is 11.6. The number of nitrogens with two attached hydrogens (primary N) is 1. The van der Waals surface area contributed by atoms with Crippen molar-refractivity contribution in [1.82, 2.24) is 10.2 Å². The highest BCUT2D eigenvalue weighted by Crippen LogP contribution is 2.37. The second-order valence-electron chi connectivity index (χ2n) is 4.31. The maximum absolute atomic E-state index is 11.6. The number of carbonyl (C=O) groups is 2. The molecule has 0 radical (unpaired) electrons. The number of thiocarbonyl (C=S) groups is 1. The molecule has 6 heteroatoms. The van der Waals surface area contributed by atoms with Gasteiger partial charge in [-0.15, -0.1) is 0 Å². The fourth-order valence-corrected chi connectivity index (χ4v) is 1.58. The van der Waals surface area contributed by atoms with Crippen LogP contribution in [-0.4, -0.2) is 41.8 Å². The number of nitrogens with one attached hydrogen (secondary N) is 1. The number of carbonyl (C=O) groups excluding carboxylic acids is 2. The van der Waals surface area contributed by atoms with Crippen LogP contribution in [-0.2, 0) is 9.59 Å². The van der Waals surface area contributed by atoms with E-state index in [4.69, 9.17) is 5.73 Å². The topological polar surface area (TPSA) is 75.4 Å². The van der Waals surface area contributed by atoms with Gasteiger partial charge in [-0.1, -0.05) is 19.1 Å². The Kier molecular flexibility index (Phi) is 4.23. The zero-order valence-electron chi connectivity index (χ0n) is 9.53. The van der Waals surface area contributed by atoms with E-state index in [1.54, 1.807) is 7.05 Å². The molecule has 3 N–H and O–H groups in total. The van der Waals surface area contributed by atoms with Crippen LogP contribution in [0.1, 0.15) is 13.3 Å². The molecule has 0 heterocycles. The largest absolute Gasteiger partial charge is 0.392 e. The van der Waals surface area contributed by atoms with Crippen molar-refractivity contribution in [2.24, 2.45) is 17.6 Å². The summed E-state index contributed by atoms with van der Waals surface area (Å²) in [5.74, 6) is 0.0196. The van der Waals surface area contributed by atoms with Crippen LogP contribution in [0, 0.1) is 11.8 Å². The number of nitrogens with zero attached hydrogens (tertiary/aromatic N) is 1. The highest BCUT2D eigenvalue weighted by Gasteiger charge is 2.35. The summed E-state index contributed by atoms with van der Waals surface area (Å²) in [7, 11) is 1.63. The maximum Gasteiger partial charge on any atom is 0.311 e. The Balaban J connectivity index is 2.31. The lowest BCUT2D eigenvalue weighted by atomic mass is 10.3. The summed E-state index contributed by atoms with van der Waals surface area (Å²) >= 11 is 4.60. The van der Waals surface area contributed by atoms with Gasteiger partial charge in [-0.3, -0.25) is 9.59 Å². The van der Waals surface area contributed by atoms with E-state index in [1.807, 2.05) is 0 Å². The van der Waals surface area contributed by atoms with E-state index in [0.29, 0.717) is 18.4 Å². The number of likely N-dealkylation sites (N-methyl/N-ethyl adjacent to an activating group) is 1. The fraction of sp³-hybridized carbons (Fsp3) is 0.700. The van der Waals surface area contributed by atoms with E-state index in [9.17, 15) is 9.59 Å². The molecule has 0 aromatic carbocycles. The lowest BCUT2D eigenvalue weighted by molar-refractivity contribution is -0.144. The molecule has 2 amide bonds. The molecule has 0 saturated heterocycles. The van der Waals surface area contributed by atoms with E-state index in [-0.39, 0.29) is 11.5 Å². The fourth-order valence-electron chi connectivity index (χ4n) is 1.50. The van der Waals surface area contributed by atoms with Gasteiger partial charge < -0.3 is 16.0 Å². The Hall–Kier alpha value is -1.17. The molecular formula is C10H17N3O2S. The second kappa shape index (κ2) is 5.25. The Morgan fingerprint density at radius 1 is 1.56 bits per heavy atom. The van der Waals surface area contributed by atoms with Crippen LogP contribution < -0.4 is 11.1 Å². The Morgan fingerprint density at radius 3 is 2.56 bits per heavy atom. The summed E-state index contributed by atoms with van der Waals surface area (Å²) < 4.78 is 0. The molecule has 0 aromatic heterocycles. The molecule has 0 aromatic rings. The average Bonchev–Trinajstić information content (AvgIpc) is 2.89. The minimum atomic E-state index is -0.649. The molecule has 5 nitrogen and oxygen atoms in total. The van der Waals surface area contributed by atoms with Crippen molar-refractivity contribution in [1.29, 1.82) is 0 Å². The molecule has 1 aliphatic rings. The molecule has 1 aliphatic carbocycles. The number of hydrogen-bond acceptors (Lipinski definition) is 3. The highest BCUT2D eigenvalue weighted by molar-refractivity contribution is 7.80. The first-order chi connectivity index (χ1) is 7.41. The average molecular weight is 243 g/mol. The quantitative estimate of drug-likeness (QED) is 0.516. The molecule has 1 saturated carbocycles. The van der Waals surface area contributed by atoms with Gasteiger partial charge in [0, 0.05) is 13.6 Å². The van der Waals surface area contributed by atoms with Gasteiger partial charge in [-0.05, 0) is 18.3 Å². The Morgan fingerprint density at radius 2 is 2.12 bits per heavy atom. The third-order valence-electron chi connectivity index (χ3n) is 2.75. The van der Waals surface area contributed by atoms with Gasteiger partial charge in [0.1, 0.15) is 0 Å². The number of amides is 2. The molecule has 16 heavy (non-hydrogen) atoms. The van der Waals surface area contributed by atoms with E-state index < -0.39 is 11.8 Å². The standard InChI is InChI=1S/C10H17N3O2S/c1-6-3-7(6)5-13(2)10(15)9(14)12-4-8(11)16/h6-7H,3-5H2,1-2H3,(H2,11,16)(H,12,14). The van der Waals surface area contributed by atoms with Crippen molar-refractivity contribution < 1.29 is 9.59 Å². The number of rotatable bonds is 4. The first kappa shape index (κ1) is 12.9. The predicted molar refractivity (Wildman–Crippen MR) is 64.7 cm³/mol. The lowest BCUT2D eigenvalue weighted by Crippen LogP contribution is -2.44. The predicted octanol–water partition coefficient (Wildman–Crippen LogP) is -0.497. The monoisotopic (exact) mass is 243 g/mol. The van der Waals surface area contributed by atoms with Gasteiger partial charge in [0.05, 0.1) is 11.5 Å². The summed E-state index contributed by atoms with van der Waals surface area (Å²) in [4.78, 5) is 24.5. The van der Waals surface area contributed by atoms with E-state index in [0.717, 1.165) is 6.42 Å². The van der Waals surface area contributed by atoms with Crippen molar-refractivity contribution in [2.75, 3.05) is 20.1 Å². The van der Waals surface area contributed by atoms with Crippen LogP contribution in [0.5, 0.6) is 0 Å². The number of hydrogen-bond donors (Lipinski definition) is 2. The van der Waals surface area contributed by atoms with Crippen molar-refractivity contribution in [3.8, 4) is 0 Å². The zero-order chi connectivity index (χ0) is 12.3. The molecule has 2 unspecified atom stereocenters. The van der Waals surface area contributed by atoms with Crippen LogP contribution in [0.4, 0.5) is 0 Å². The molecule has 1 rings (SSSR count). The molecule has 0 aliphatic heterocycles. The lowest BCUT2D eigenvalue weighted by Gasteiger charge is -2.16. The minimum absolute atomic E-state index is 0.0631. The molecular weight excluding hydrogens is 226 g/mol. The summed E-state index contributed by atoms with van der Waals surface area (Å²) in [6.07, 6.45) is 1.13. The molecule has 0 spiro atoms. The van der Waals surface area contributed by atoms with Crippen LogP contribution in [0.2, 0.25) is 0 Å². The van der Waals surface area contributed by atoms with Crippen LogP contribution in [0.3, 0.4) is 0 Å². The van der Waals surface area contributed by atoms with Gasteiger partial charge in [0.15, 0.2) is 0 Å². The van der Waals surface area contributed by atoms with Gasteiger partial charge >= 0.3 is 11.8 Å². The molecule has 1 fully saturated rings. The minimum Gasteiger partial charge on any atom is -0.392 e. The SMILES string of the molecule is CC1CC1CN(C)C(=O)C(=O)NCC(N)=S. The Labute approximate surface area is 100 Å². The van der Waals surface area contributed by atoms with Crippen LogP contribution >= 0.6 is 12.2 Å². The normalized spacial score (nSPS) is 22.4. The van der Waals surface area contributed by atoms with E-state index in [2.05, 4.69) is 24.5 Å². The van der Waals surface area contributed by atoms with Gasteiger partial charge in [0.25, 0.3) is 0 Å². The van der Waals surface area contributed by atoms with Crippen molar-refractivity contribution in [2.45, 2.75) is 13.3 Å². The van der Waals surface area contributed by atoms with Crippen molar-refractivity contribution >= 4 is 29.0 Å². The van der Waals surface area contributed by atoms with Crippen molar-refractivity contribution in [3.05, 3.63) is 0 Å². The van der Waals surface area contributed by atoms with Crippen LogP contribution in [0.15, 0.2) is 0 Å². The van der Waals surface area contributed by atoms with Gasteiger partial charge in [-0.2, -0.15) is 0 Å². The van der Waals surface area contributed by atoms with Gasteiger partial charge in [-0.25, -0.2) is 0 Å². The zero-order valence-corrected chi connectivity index (χ0v) is 10.3. The van der Waals surface area contributed by atoms with Crippen molar-refractivity contribution in [3.63, 3.8) is 0 Å². The highest BCUT2D eigenvalue weighted by atomic mass is 32.1. The molecule has 0 bridgehead atoms. The van der Waals surface area contributed by atoms with Crippen LogP contribution in [0.25, 0.3) is 0 Å². The van der Waals surface area contributed by atoms with E-state index in [1.165, 1.54) is 4.90 Å².